The fourth-order valence-corrected chi connectivity index (χ4v) is 4.20. The van der Waals surface area contributed by atoms with Crippen LogP contribution in [0.15, 0.2) is 49.0 Å². The number of methoxy groups -OCH3 is 2. The van der Waals surface area contributed by atoms with Crippen LogP contribution in [0.1, 0.15) is 29.4 Å². The fourth-order valence-electron chi connectivity index (χ4n) is 4.20. The number of benzene rings is 1. The Morgan fingerprint density at radius 1 is 1.17 bits per heavy atom. The largest absolute Gasteiger partial charge is 0.502 e. The third-order valence-electron chi connectivity index (χ3n) is 6.23. The number of hydrogen-bond acceptors (Lipinski definition) is 10. The van der Waals surface area contributed by atoms with Crippen molar-refractivity contribution in [3.63, 3.8) is 0 Å². The van der Waals surface area contributed by atoms with E-state index in [0.29, 0.717) is 37.5 Å². The SMILES string of the molecule is COC(=O)C[C@H](c1oc(CN2CCN(C=O)CC2)cc(=O)c1O)c1coc2ccc(OC)cc2c1=O. The van der Waals surface area contributed by atoms with E-state index in [1.807, 2.05) is 4.90 Å². The van der Waals surface area contributed by atoms with E-state index in [2.05, 4.69) is 0 Å². The summed E-state index contributed by atoms with van der Waals surface area (Å²) in [5, 5.41) is 10.8. The van der Waals surface area contributed by atoms with E-state index in [1.165, 1.54) is 32.6 Å². The van der Waals surface area contributed by atoms with Gasteiger partial charge in [-0.3, -0.25) is 24.1 Å². The van der Waals surface area contributed by atoms with Gasteiger partial charge in [0, 0.05) is 37.8 Å². The summed E-state index contributed by atoms with van der Waals surface area (Å²) in [4.78, 5) is 53.0. The van der Waals surface area contributed by atoms with Gasteiger partial charge in [0.15, 0.2) is 11.2 Å². The van der Waals surface area contributed by atoms with Crippen LogP contribution < -0.4 is 15.6 Å². The Balaban J connectivity index is 1.78. The van der Waals surface area contributed by atoms with Gasteiger partial charge in [-0.15, -0.1) is 0 Å². The number of piperazine rings is 1. The number of carbonyl (C=O) groups excluding carboxylic acids is 2. The molecule has 1 atom stereocenters. The second-order valence-corrected chi connectivity index (χ2v) is 8.42. The molecule has 0 aliphatic carbocycles. The van der Waals surface area contributed by atoms with Crippen molar-refractivity contribution in [2.24, 2.45) is 0 Å². The summed E-state index contributed by atoms with van der Waals surface area (Å²) >= 11 is 0. The summed E-state index contributed by atoms with van der Waals surface area (Å²) < 4.78 is 21.6. The summed E-state index contributed by atoms with van der Waals surface area (Å²) in [5.74, 6) is -2.09. The Morgan fingerprint density at radius 2 is 1.92 bits per heavy atom. The molecule has 1 aliphatic heterocycles. The molecular formula is C25H26N2O9. The van der Waals surface area contributed by atoms with Crippen LogP contribution >= 0.6 is 0 Å². The summed E-state index contributed by atoms with van der Waals surface area (Å²) in [5.41, 5.74) is -0.868. The van der Waals surface area contributed by atoms with Crippen LogP contribution in [-0.2, 0) is 20.9 Å². The molecule has 3 heterocycles. The van der Waals surface area contributed by atoms with Crippen LogP contribution in [0.4, 0.5) is 0 Å². The number of esters is 1. The molecule has 1 saturated heterocycles. The molecule has 4 rings (SSSR count). The molecule has 1 amide bonds. The summed E-state index contributed by atoms with van der Waals surface area (Å²) in [6, 6.07) is 5.90. The number of aromatic hydroxyl groups is 1. The van der Waals surface area contributed by atoms with E-state index >= 15 is 0 Å². The van der Waals surface area contributed by atoms with E-state index < -0.39 is 28.5 Å². The zero-order chi connectivity index (χ0) is 25.8. The minimum Gasteiger partial charge on any atom is -0.502 e. The molecule has 1 aliphatic rings. The molecule has 0 unspecified atom stereocenters. The predicted molar refractivity (Wildman–Crippen MR) is 127 cm³/mol. The maximum atomic E-state index is 13.4. The Hall–Kier alpha value is -4.12. The quantitative estimate of drug-likeness (QED) is 0.358. The van der Waals surface area contributed by atoms with Crippen LogP contribution in [0.5, 0.6) is 11.5 Å². The number of fused-ring (bicyclic) bond motifs is 1. The van der Waals surface area contributed by atoms with Crippen molar-refractivity contribution in [1.29, 1.82) is 0 Å². The maximum Gasteiger partial charge on any atom is 0.306 e. The van der Waals surface area contributed by atoms with Crippen molar-refractivity contribution in [1.82, 2.24) is 9.80 Å². The molecule has 1 N–H and O–H groups in total. The second-order valence-electron chi connectivity index (χ2n) is 8.42. The lowest BCUT2D eigenvalue weighted by Gasteiger charge is -2.32. The van der Waals surface area contributed by atoms with Gasteiger partial charge in [0.25, 0.3) is 0 Å². The van der Waals surface area contributed by atoms with Crippen molar-refractivity contribution in [3.8, 4) is 11.5 Å². The topological polar surface area (TPSA) is 140 Å². The smallest absolute Gasteiger partial charge is 0.306 e. The van der Waals surface area contributed by atoms with Crippen LogP contribution in [0.3, 0.4) is 0 Å². The monoisotopic (exact) mass is 498 g/mol. The highest BCUT2D eigenvalue weighted by Crippen LogP contribution is 2.33. The Morgan fingerprint density at radius 3 is 2.58 bits per heavy atom. The Labute approximate surface area is 205 Å². The van der Waals surface area contributed by atoms with Crippen LogP contribution in [0.2, 0.25) is 0 Å². The van der Waals surface area contributed by atoms with E-state index in [0.717, 1.165) is 6.41 Å². The van der Waals surface area contributed by atoms with Gasteiger partial charge in [0.05, 0.1) is 44.8 Å². The van der Waals surface area contributed by atoms with Crippen molar-refractivity contribution >= 4 is 23.3 Å². The van der Waals surface area contributed by atoms with Crippen LogP contribution in [-0.4, -0.2) is 67.7 Å². The average molecular weight is 498 g/mol. The van der Waals surface area contributed by atoms with Gasteiger partial charge in [0.2, 0.25) is 17.6 Å². The molecule has 11 heteroatoms. The lowest BCUT2D eigenvalue weighted by atomic mass is 9.92. The molecule has 1 fully saturated rings. The van der Waals surface area contributed by atoms with Crippen LogP contribution in [0.25, 0.3) is 11.0 Å². The first-order chi connectivity index (χ1) is 17.3. The molecule has 1 aromatic carbocycles. The molecule has 36 heavy (non-hydrogen) atoms. The molecule has 3 aromatic rings. The van der Waals surface area contributed by atoms with Gasteiger partial charge in [-0.1, -0.05) is 0 Å². The Kier molecular flexibility index (Phi) is 7.39. The maximum absolute atomic E-state index is 13.4. The third kappa shape index (κ3) is 5.10. The first-order valence-corrected chi connectivity index (χ1v) is 11.3. The van der Waals surface area contributed by atoms with Crippen molar-refractivity contribution in [2.75, 3.05) is 40.4 Å². The number of hydrogen-bond donors (Lipinski definition) is 1. The van der Waals surface area contributed by atoms with Crippen LogP contribution in [0, 0.1) is 0 Å². The van der Waals surface area contributed by atoms with Crippen molar-refractivity contribution in [2.45, 2.75) is 18.9 Å². The van der Waals surface area contributed by atoms with E-state index in [9.17, 15) is 24.3 Å². The van der Waals surface area contributed by atoms with E-state index in [1.54, 1.807) is 17.0 Å². The number of rotatable bonds is 8. The van der Waals surface area contributed by atoms with E-state index in [-0.39, 0.29) is 35.4 Å². The first kappa shape index (κ1) is 25.0. The van der Waals surface area contributed by atoms with Crippen molar-refractivity contribution in [3.05, 3.63) is 68.1 Å². The highest BCUT2D eigenvalue weighted by molar-refractivity contribution is 5.79. The zero-order valence-corrected chi connectivity index (χ0v) is 19.9. The number of carbonyl (C=O) groups is 2. The molecule has 2 aromatic heterocycles. The number of amides is 1. The third-order valence-corrected chi connectivity index (χ3v) is 6.23. The van der Waals surface area contributed by atoms with E-state index in [4.69, 9.17) is 18.3 Å². The molecule has 0 spiro atoms. The molecule has 0 saturated carbocycles. The van der Waals surface area contributed by atoms with Crippen molar-refractivity contribution < 1.29 is 33.0 Å². The summed E-state index contributed by atoms with van der Waals surface area (Å²) in [7, 11) is 2.66. The van der Waals surface area contributed by atoms with Gasteiger partial charge < -0.3 is 28.3 Å². The zero-order valence-electron chi connectivity index (χ0n) is 19.9. The summed E-state index contributed by atoms with van der Waals surface area (Å²) in [6.07, 6.45) is 1.60. The number of ether oxygens (including phenoxy) is 2. The minimum atomic E-state index is -1.15. The molecule has 0 radical (unpaired) electrons. The average Bonchev–Trinajstić information content (AvgIpc) is 2.90. The molecule has 11 nitrogen and oxygen atoms in total. The first-order valence-electron chi connectivity index (χ1n) is 11.3. The summed E-state index contributed by atoms with van der Waals surface area (Å²) in [6.45, 7) is 2.45. The second kappa shape index (κ2) is 10.6. The molecule has 190 valence electrons. The fraction of sp³-hybridized carbons (Fsp3) is 0.360. The molecule has 0 bridgehead atoms. The number of nitrogens with zero attached hydrogens (tertiary/aromatic N) is 2. The Bertz CT molecular complexity index is 1390. The minimum absolute atomic E-state index is 0.0105. The van der Waals surface area contributed by atoms with Gasteiger partial charge in [-0.25, -0.2) is 0 Å². The standard InChI is InChI=1S/C25H26N2O9/c1-33-15-3-4-21-18(9-15)23(31)19(13-35-21)17(11-22(30)34-2)25-24(32)20(29)10-16(36-25)12-26-5-7-27(14-28)8-6-26/h3-4,9-10,13-14,17,32H,5-8,11-12H2,1-2H3/t17-/m0/s1. The highest BCUT2D eigenvalue weighted by Gasteiger charge is 2.30. The predicted octanol–water partition coefficient (Wildman–Crippen LogP) is 1.43. The van der Waals surface area contributed by atoms with Gasteiger partial charge in [-0.2, -0.15) is 0 Å². The molecular weight excluding hydrogens is 472 g/mol. The van der Waals surface area contributed by atoms with Gasteiger partial charge in [-0.05, 0) is 18.2 Å². The lowest BCUT2D eigenvalue weighted by Crippen LogP contribution is -2.45. The highest BCUT2D eigenvalue weighted by atomic mass is 16.5. The normalized spacial score (nSPS) is 15.0. The lowest BCUT2D eigenvalue weighted by molar-refractivity contribution is -0.141. The van der Waals surface area contributed by atoms with Gasteiger partial charge >= 0.3 is 5.97 Å². The van der Waals surface area contributed by atoms with Gasteiger partial charge in [0.1, 0.15) is 17.1 Å².